The molecule has 2 N–H and O–H groups in total. The summed E-state index contributed by atoms with van der Waals surface area (Å²) in [7, 11) is 0. The summed E-state index contributed by atoms with van der Waals surface area (Å²) in [6, 6.07) is 9.87. The van der Waals surface area contributed by atoms with Gasteiger partial charge in [-0.25, -0.2) is 14.2 Å². The molecule has 0 aliphatic heterocycles. The number of rotatable bonds is 4. The van der Waals surface area contributed by atoms with Crippen LogP contribution in [0.15, 0.2) is 72.7 Å². The molecular formula is C22H18ClFN4OS. The summed E-state index contributed by atoms with van der Waals surface area (Å²) in [6.45, 7) is 1.90. The van der Waals surface area contributed by atoms with Gasteiger partial charge in [-0.1, -0.05) is 23.8 Å². The number of hydrogen-bond donors (Lipinski definition) is 2. The summed E-state index contributed by atoms with van der Waals surface area (Å²) in [5.41, 5.74) is 2.38. The maximum Gasteiger partial charge on any atom is 0.323 e. The molecule has 1 aliphatic carbocycles. The number of alkyl halides is 1. The van der Waals surface area contributed by atoms with Gasteiger partial charge in [0.15, 0.2) is 6.17 Å². The monoisotopic (exact) mass is 440 g/mol. The maximum atomic E-state index is 15.4. The highest BCUT2D eigenvalue weighted by Gasteiger charge is 2.31. The number of benzene rings is 1. The van der Waals surface area contributed by atoms with Gasteiger partial charge in [-0.15, -0.1) is 11.3 Å². The molecule has 2 heterocycles. The number of halogens is 2. The highest BCUT2D eigenvalue weighted by atomic mass is 35.5. The molecule has 2 amide bonds. The third-order valence-corrected chi connectivity index (χ3v) is 5.91. The molecule has 5 nitrogen and oxygen atoms in total. The van der Waals surface area contributed by atoms with E-state index in [0.717, 1.165) is 21.1 Å². The Morgan fingerprint density at radius 2 is 1.87 bits per heavy atom. The SMILES string of the molecule is Cc1nc(-c2ccncc2)c(C2C=CC=C(NC(=O)Nc3ccc(Cl)cc3)C2F)s1. The van der Waals surface area contributed by atoms with E-state index in [1.165, 1.54) is 11.3 Å². The molecule has 8 heteroatoms. The Kier molecular flexibility index (Phi) is 5.92. The molecule has 0 radical (unpaired) electrons. The lowest BCUT2D eigenvalue weighted by molar-refractivity contribution is 0.250. The Balaban J connectivity index is 1.52. The largest absolute Gasteiger partial charge is 0.323 e. The first-order valence-corrected chi connectivity index (χ1v) is 10.4. The zero-order chi connectivity index (χ0) is 21.1. The first-order valence-electron chi connectivity index (χ1n) is 9.25. The molecule has 4 rings (SSSR count). The number of nitrogens with zero attached hydrogens (tertiary/aromatic N) is 2. The van der Waals surface area contributed by atoms with Gasteiger partial charge in [0, 0.05) is 33.5 Å². The molecule has 0 saturated heterocycles. The second kappa shape index (κ2) is 8.77. The second-order valence-electron chi connectivity index (χ2n) is 6.70. The van der Waals surface area contributed by atoms with Crippen molar-refractivity contribution in [1.29, 1.82) is 0 Å². The van der Waals surface area contributed by atoms with Crippen molar-refractivity contribution in [1.82, 2.24) is 15.3 Å². The van der Waals surface area contributed by atoms with E-state index in [0.29, 0.717) is 10.7 Å². The maximum absolute atomic E-state index is 15.4. The molecule has 0 saturated carbocycles. The van der Waals surface area contributed by atoms with Gasteiger partial charge >= 0.3 is 6.03 Å². The van der Waals surface area contributed by atoms with Crippen LogP contribution in [0.1, 0.15) is 15.8 Å². The van der Waals surface area contributed by atoms with Crippen LogP contribution < -0.4 is 10.6 Å². The number of allylic oxidation sites excluding steroid dienone is 4. The lowest BCUT2D eigenvalue weighted by atomic mass is 9.92. The number of thiazole rings is 1. The van der Waals surface area contributed by atoms with E-state index in [4.69, 9.17) is 11.6 Å². The summed E-state index contributed by atoms with van der Waals surface area (Å²) in [5, 5.41) is 6.72. The van der Waals surface area contributed by atoms with Crippen LogP contribution in [0.4, 0.5) is 14.9 Å². The summed E-state index contributed by atoms with van der Waals surface area (Å²) in [6.07, 6.45) is 7.08. The number of hydrogen-bond acceptors (Lipinski definition) is 4. The standard InChI is InChI=1S/C22H18ClFN4OS/c1-13-26-20(14-9-11-25-12-10-14)21(30-13)17-3-2-4-18(19(17)24)28-22(29)27-16-7-5-15(23)6-8-16/h2-12,17,19H,1H3,(H2,27,28,29). The third kappa shape index (κ3) is 4.42. The van der Waals surface area contributed by atoms with Gasteiger partial charge in [0.2, 0.25) is 0 Å². The van der Waals surface area contributed by atoms with Gasteiger partial charge < -0.3 is 10.6 Å². The summed E-state index contributed by atoms with van der Waals surface area (Å²) < 4.78 is 15.4. The number of nitrogens with one attached hydrogen (secondary N) is 2. The van der Waals surface area contributed by atoms with Gasteiger partial charge in [0.1, 0.15) is 0 Å². The Labute approximate surface area is 182 Å². The molecule has 2 aromatic heterocycles. The lowest BCUT2D eigenvalue weighted by Gasteiger charge is -2.24. The molecule has 30 heavy (non-hydrogen) atoms. The molecule has 2 unspecified atom stereocenters. The number of carbonyl (C=O) groups excluding carboxylic acids is 1. The highest BCUT2D eigenvalue weighted by molar-refractivity contribution is 7.12. The Morgan fingerprint density at radius 1 is 1.13 bits per heavy atom. The smallest absolute Gasteiger partial charge is 0.308 e. The average Bonchev–Trinajstić information content (AvgIpc) is 3.13. The van der Waals surface area contributed by atoms with E-state index in [-0.39, 0.29) is 5.70 Å². The second-order valence-corrected chi connectivity index (χ2v) is 8.37. The van der Waals surface area contributed by atoms with Crippen molar-refractivity contribution in [2.75, 3.05) is 5.32 Å². The quantitative estimate of drug-likeness (QED) is 0.533. The minimum Gasteiger partial charge on any atom is -0.308 e. The number of amides is 2. The number of anilines is 1. The van der Waals surface area contributed by atoms with Crippen molar-refractivity contribution in [3.8, 4) is 11.3 Å². The highest BCUT2D eigenvalue weighted by Crippen LogP contribution is 2.40. The molecule has 0 bridgehead atoms. The lowest BCUT2D eigenvalue weighted by Crippen LogP contribution is -2.34. The van der Waals surface area contributed by atoms with Crippen LogP contribution in [0.5, 0.6) is 0 Å². The van der Waals surface area contributed by atoms with E-state index >= 15 is 4.39 Å². The van der Waals surface area contributed by atoms with Crippen LogP contribution in [0.2, 0.25) is 5.02 Å². The Morgan fingerprint density at radius 3 is 2.60 bits per heavy atom. The van der Waals surface area contributed by atoms with Crippen molar-refractivity contribution in [2.45, 2.75) is 19.0 Å². The molecule has 0 fully saturated rings. The van der Waals surface area contributed by atoms with E-state index in [1.807, 2.05) is 19.1 Å². The van der Waals surface area contributed by atoms with Gasteiger partial charge in [0.05, 0.1) is 22.3 Å². The van der Waals surface area contributed by atoms with Crippen molar-refractivity contribution < 1.29 is 9.18 Å². The molecule has 152 valence electrons. The Hall–Kier alpha value is -3.03. The van der Waals surface area contributed by atoms with E-state index in [9.17, 15) is 4.79 Å². The summed E-state index contributed by atoms with van der Waals surface area (Å²) in [4.78, 5) is 21.8. The van der Waals surface area contributed by atoms with Gasteiger partial charge in [-0.05, 0) is 49.4 Å². The molecule has 0 spiro atoms. The first kappa shape index (κ1) is 20.3. The predicted molar refractivity (Wildman–Crippen MR) is 119 cm³/mol. The summed E-state index contributed by atoms with van der Waals surface area (Å²) >= 11 is 7.31. The van der Waals surface area contributed by atoms with Crippen molar-refractivity contribution in [3.63, 3.8) is 0 Å². The normalized spacial score (nSPS) is 18.0. The van der Waals surface area contributed by atoms with E-state index in [1.54, 1.807) is 54.9 Å². The van der Waals surface area contributed by atoms with Crippen LogP contribution in [0.25, 0.3) is 11.3 Å². The van der Waals surface area contributed by atoms with Gasteiger partial charge in [0.25, 0.3) is 0 Å². The van der Waals surface area contributed by atoms with E-state index < -0.39 is 18.1 Å². The Bertz CT molecular complexity index is 1110. The van der Waals surface area contributed by atoms with E-state index in [2.05, 4.69) is 20.6 Å². The zero-order valence-corrected chi connectivity index (χ0v) is 17.5. The number of aryl methyl sites for hydroxylation is 1. The zero-order valence-electron chi connectivity index (χ0n) is 16.0. The minimum absolute atomic E-state index is 0.195. The molecule has 2 atom stereocenters. The molecule has 1 aliphatic rings. The average molecular weight is 441 g/mol. The molecular weight excluding hydrogens is 423 g/mol. The van der Waals surface area contributed by atoms with Crippen LogP contribution in [0.3, 0.4) is 0 Å². The molecule has 1 aromatic carbocycles. The predicted octanol–water partition coefficient (Wildman–Crippen LogP) is 5.86. The fourth-order valence-electron chi connectivity index (χ4n) is 3.20. The summed E-state index contributed by atoms with van der Waals surface area (Å²) in [5.74, 6) is -0.546. The number of urea groups is 1. The van der Waals surface area contributed by atoms with Gasteiger partial charge in [-0.3, -0.25) is 4.98 Å². The van der Waals surface area contributed by atoms with Crippen LogP contribution in [0, 0.1) is 6.92 Å². The van der Waals surface area contributed by atoms with Crippen molar-refractivity contribution in [3.05, 3.63) is 87.6 Å². The first-order chi connectivity index (χ1) is 14.5. The number of aromatic nitrogens is 2. The van der Waals surface area contributed by atoms with Crippen LogP contribution in [-0.4, -0.2) is 22.2 Å². The van der Waals surface area contributed by atoms with Crippen molar-refractivity contribution in [2.24, 2.45) is 0 Å². The third-order valence-electron chi connectivity index (χ3n) is 4.58. The van der Waals surface area contributed by atoms with Crippen LogP contribution >= 0.6 is 22.9 Å². The van der Waals surface area contributed by atoms with Crippen molar-refractivity contribution >= 4 is 34.7 Å². The minimum atomic E-state index is -1.41. The number of pyridine rings is 1. The van der Waals surface area contributed by atoms with Crippen LogP contribution in [-0.2, 0) is 0 Å². The fourth-order valence-corrected chi connectivity index (χ4v) is 4.38. The number of carbonyl (C=O) groups is 1. The topological polar surface area (TPSA) is 66.9 Å². The fraction of sp³-hybridized carbons (Fsp3) is 0.136. The van der Waals surface area contributed by atoms with Gasteiger partial charge in [-0.2, -0.15) is 0 Å². The molecule has 3 aromatic rings.